The number of allylic oxidation sites excluding steroid dienone is 1. The Hall–Kier alpha value is -0.340. The number of ether oxygens (including phenoxy) is 1. The molecule has 0 atom stereocenters. The Labute approximate surface area is 97.6 Å². The van der Waals surface area contributed by atoms with E-state index in [2.05, 4.69) is 0 Å². The van der Waals surface area contributed by atoms with E-state index < -0.39 is 0 Å². The van der Waals surface area contributed by atoms with E-state index in [4.69, 9.17) is 16.3 Å². The highest BCUT2D eigenvalue weighted by Crippen LogP contribution is 2.16. The zero-order valence-electron chi connectivity index (χ0n) is 9.88. The van der Waals surface area contributed by atoms with Gasteiger partial charge in [-0.3, -0.25) is 4.79 Å². The maximum atomic E-state index is 11.4. The van der Waals surface area contributed by atoms with Crippen LogP contribution in [0.25, 0.3) is 0 Å². The van der Waals surface area contributed by atoms with Crippen LogP contribution in [-0.2, 0) is 9.53 Å². The molecule has 0 saturated carbocycles. The third kappa shape index (κ3) is 8.64. The van der Waals surface area contributed by atoms with E-state index in [1.807, 2.05) is 32.9 Å². The number of carbonyl (C=O) groups excluding carboxylic acids is 1. The zero-order valence-corrected chi connectivity index (χ0v) is 10.6. The highest BCUT2D eigenvalue weighted by molar-refractivity contribution is 6.18. The monoisotopic (exact) mass is 232 g/mol. The van der Waals surface area contributed by atoms with Gasteiger partial charge < -0.3 is 4.74 Å². The van der Waals surface area contributed by atoms with Gasteiger partial charge in [0.05, 0.1) is 12.2 Å². The summed E-state index contributed by atoms with van der Waals surface area (Å²) in [6, 6.07) is 0. The molecule has 0 radical (unpaired) electrons. The molecule has 0 aliphatic heterocycles. The quantitative estimate of drug-likeness (QED) is 0.474. The molecule has 0 N–H and O–H groups in total. The Bertz CT molecular complexity index is 210. The average molecular weight is 233 g/mol. The second kappa shape index (κ2) is 7.89. The predicted molar refractivity (Wildman–Crippen MR) is 64.4 cm³/mol. The summed E-state index contributed by atoms with van der Waals surface area (Å²) in [6.45, 7) is 6.40. The summed E-state index contributed by atoms with van der Waals surface area (Å²) in [4.78, 5) is 11.4. The van der Waals surface area contributed by atoms with Gasteiger partial charge in [-0.15, -0.1) is 11.6 Å². The number of ketones is 1. The molecule has 0 aromatic carbocycles. The number of Topliss-reactive ketones (excluding diaryl/α,β-unsaturated/α-hetero) is 1. The minimum Gasteiger partial charge on any atom is -0.371 e. The van der Waals surface area contributed by atoms with E-state index >= 15 is 0 Å². The van der Waals surface area contributed by atoms with Crippen LogP contribution in [0.15, 0.2) is 12.2 Å². The Morgan fingerprint density at radius 1 is 1.40 bits per heavy atom. The van der Waals surface area contributed by atoms with Crippen molar-refractivity contribution >= 4 is 17.4 Å². The highest BCUT2D eigenvalue weighted by Gasteiger charge is 2.21. The summed E-state index contributed by atoms with van der Waals surface area (Å²) in [5.74, 6) is 0.766. The van der Waals surface area contributed by atoms with E-state index in [0.29, 0.717) is 25.3 Å². The average Bonchev–Trinajstić information content (AvgIpc) is 2.12. The van der Waals surface area contributed by atoms with Gasteiger partial charge >= 0.3 is 0 Å². The van der Waals surface area contributed by atoms with Gasteiger partial charge in [0.2, 0.25) is 0 Å². The molecule has 0 fully saturated rings. The molecule has 0 aliphatic rings. The first-order valence-corrected chi connectivity index (χ1v) is 5.92. The van der Waals surface area contributed by atoms with Crippen molar-refractivity contribution in [3.63, 3.8) is 0 Å². The Morgan fingerprint density at radius 2 is 2.07 bits per heavy atom. The van der Waals surface area contributed by atoms with Crippen LogP contribution in [0, 0.1) is 0 Å². The van der Waals surface area contributed by atoms with Gasteiger partial charge in [0.1, 0.15) is 5.78 Å². The molecule has 0 heterocycles. The van der Waals surface area contributed by atoms with Crippen molar-refractivity contribution in [2.75, 3.05) is 12.5 Å². The first-order chi connectivity index (χ1) is 7.02. The summed E-state index contributed by atoms with van der Waals surface area (Å²) in [5, 5.41) is 0. The third-order valence-electron chi connectivity index (χ3n) is 1.98. The molecule has 0 spiro atoms. The molecule has 15 heavy (non-hydrogen) atoms. The summed E-state index contributed by atoms with van der Waals surface area (Å²) in [6.07, 6.45) is 5.74. The molecular formula is C12H21ClO2. The number of halogens is 1. The van der Waals surface area contributed by atoms with Crippen LogP contribution in [-0.4, -0.2) is 23.9 Å². The number of hydrogen-bond acceptors (Lipinski definition) is 2. The largest absolute Gasteiger partial charge is 0.371 e. The molecule has 0 bridgehead atoms. The van der Waals surface area contributed by atoms with Crippen LogP contribution < -0.4 is 0 Å². The van der Waals surface area contributed by atoms with Gasteiger partial charge in [-0.05, 0) is 20.3 Å². The lowest BCUT2D eigenvalue weighted by molar-refractivity contribution is -0.124. The number of alkyl halides is 1. The summed E-state index contributed by atoms with van der Waals surface area (Å²) in [5.41, 5.74) is -0.372. The lowest BCUT2D eigenvalue weighted by atomic mass is 9.99. The lowest BCUT2D eigenvalue weighted by Gasteiger charge is -2.23. The van der Waals surface area contributed by atoms with E-state index in [1.54, 1.807) is 0 Å². The van der Waals surface area contributed by atoms with Crippen molar-refractivity contribution < 1.29 is 9.53 Å². The van der Waals surface area contributed by atoms with E-state index in [-0.39, 0.29) is 11.4 Å². The van der Waals surface area contributed by atoms with Crippen LogP contribution in [0.1, 0.15) is 40.0 Å². The summed E-state index contributed by atoms with van der Waals surface area (Å²) >= 11 is 5.48. The second-order valence-electron chi connectivity index (χ2n) is 4.16. The van der Waals surface area contributed by atoms with Gasteiger partial charge in [0.25, 0.3) is 0 Å². The van der Waals surface area contributed by atoms with Crippen molar-refractivity contribution in [3.05, 3.63) is 12.2 Å². The second-order valence-corrected chi connectivity index (χ2v) is 4.47. The van der Waals surface area contributed by atoms with E-state index in [1.165, 1.54) is 0 Å². The van der Waals surface area contributed by atoms with Crippen LogP contribution >= 0.6 is 11.6 Å². The zero-order chi connectivity index (χ0) is 11.7. The lowest BCUT2D eigenvalue weighted by Crippen LogP contribution is -2.28. The van der Waals surface area contributed by atoms with E-state index in [0.717, 1.165) is 6.42 Å². The van der Waals surface area contributed by atoms with Gasteiger partial charge in [-0.1, -0.05) is 19.1 Å². The Kier molecular flexibility index (Phi) is 7.71. The predicted octanol–water partition coefficient (Wildman–Crippen LogP) is 3.34. The number of carbonyl (C=O) groups is 1. The maximum Gasteiger partial charge on any atom is 0.135 e. The molecule has 0 amide bonds. The minimum absolute atomic E-state index is 0.267. The third-order valence-corrected chi connectivity index (χ3v) is 2.16. The maximum absolute atomic E-state index is 11.4. The fraction of sp³-hybridized carbons (Fsp3) is 0.750. The molecule has 0 aliphatic carbocycles. The summed E-state index contributed by atoms with van der Waals surface area (Å²) in [7, 11) is 0. The fourth-order valence-corrected chi connectivity index (χ4v) is 1.42. The molecule has 3 heteroatoms. The molecule has 0 aromatic rings. The first-order valence-electron chi connectivity index (χ1n) is 5.38. The normalized spacial score (nSPS) is 12.3. The van der Waals surface area contributed by atoms with Crippen LogP contribution in [0.4, 0.5) is 0 Å². The van der Waals surface area contributed by atoms with Crippen LogP contribution in [0.2, 0.25) is 0 Å². The molecule has 2 nitrogen and oxygen atoms in total. The Morgan fingerprint density at radius 3 is 2.60 bits per heavy atom. The van der Waals surface area contributed by atoms with Gasteiger partial charge in [-0.25, -0.2) is 0 Å². The van der Waals surface area contributed by atoms with Crippen LogP contribution in [0.5, 0.6) is 0 Å². The van der Waals surface area contributed by atoms with Crippen molar-refractivity contribution in [3.8, 4) is 0 Å². The van der Waals surface area contributed by atoms with Crippen molar-refractivity contribution in [1.29, 1.82) is 0 Å². The summed E-state index contributed by atoms with van der Waals surface area (Å²) < 4.78 is 5.58. The molecule has 0 rings (SSSR count). The molecule has 0 unspecified atom stereocenters. The fourth-order valence-electron chi connectivity index (χ4n) is 1.30. The molecular weight excluding hydrogens is 212 g/mol. The molecule has 0 aromatic heterocycles. The highest BCUT2D eigenvalue weighted by atomic mass is 35.5. The van der Waals surface area contributed by atoms with Gasteiger partial charge in [0.15, 0.2) is 0 Å². The van der Waals surface area contributed by atoms with Crippen LogP contribution in [0.3, 0.4) is 0 Å². The Balaban J connectivity index is 3.85. The van der Waals surface area contributed by atoms with Gasteiger partial charge in [0, 0.05) is 18.7 Å². The topological polar surface area (TPSA) is 26.3 Å². The first kappa shape index (κ1) is 14.7. The van der Waals surface area contributed by atoms with Crippen molar-refractivity contribution in [2.45, 2.75) is 45.6 Å². The smallest absolute Gasteiger partial charge is 0.135 e. The number of hydrogen-bond donors (Lipinski definition) is 0. The van der Waals surface area contributed by atoms with Gasteiger partial charge in [-0.2, -0.15) is 0 Å². The minimum atomic E-state index is -0.372. The molecule has 88 valence electrons. The van der Waals surface area contributed by atoms with E-state index in [9.17, 15) is 4.79 Å². The van der Waals surface area contributed by atoms with Crippen molar-refractivity contribution in [2.24, 2.45) is 0 Å². The number of rotatable bonds is 8. The van der Waals surface area contributed by atoms with Crippen molar-refractivity contribution in [1.82, 2.24) is 0 Å². The SMILES string of the molecule is CCCC(=O)CC(C)(C)OC/C=C/CCl. The standard InChI is InChI=1S/C12H21ClO2/c1-4-7-11(14)10-12(2,3)15-9-6-5-8-13/h5-6H,4,7-10H2,1-3H3/b6-5+. The molecule has 0 saturated heterocycles.